The number of aliphatic hydroxyl groups is 2. The van der Waals surface area contributed by atoms with E-state index >= 15 is 0 Å². The highest BCUT2D eigenvalue weighted by atomic mass is 16.5. The summed E-state index contributed by atoms with van der Waals surface area (Å²) in [6.45, 7) is -0.395. The summed E-state index contributed by atoms with van der Waals surface area (Å²) in [5, 5.41) is 28.1. The van der Waals surface area contributed by atoms with Crippen LogP contribution in [0.3, 0.4) is 0 Å². The highest BCUT2D eigenvalue weighted by Gasteiger charge is 2.35. The SMILES string of the molecule is O=c1[nH]c(=O)n(C2C[C@@H](O)C(CO)O2)cc1-c1cc(-c2ccccn2)nnc1-c1ccccn1. The largest absolute Gasteiger partial charge is 0.394 e. The van der Waals surface area contributed by atoms with Gasteiger partial charge in [0, 0.05) is 30.6 Å². The number of nitrogens with zero attached hydrogens (tertiary/aromatic N) is 5. The maximum atomic E-state index is 12.9. The standard InChI is InChI=1S/C23H20N6O5/c30-12-19-18(31)10-20(34-19)29-11-14(22(32)26-23(29)33)13-9-17(15-5-1-3-7-24-15)27-28-21(13)16-6-2-4-8-25-16/h1-9,11,18-20,30-31H,10,12H2,(H,26,32,33)/t18-,19?,20?/m1/s1. The topological polar surface area (TPSA) is 156 Å². The molecule has 1 saturated heterocycles. The van der Waals surface area contributed by atoms with Crippen LogP contribution in [0, 0.1) is 0 Å². The normalized spacial score (nSPS) is 19.9. The molecule has 0 spiro atoms. The Balaban J connectivity index is 1.69. The van der Waals surface area contributed by atoms with Gasteiger partial charge >= 0.3 is 5.69 Å². The van der Waals surface area contributed by atoms with E-state index in [9.17, 15) is 19.8 Å². The van der Waals surface area contributed by atoms with Crippen LogP contribution in [0.1, 0.15) is 12.6 Å². The number of aliphatic hydroxyl groups excluding tert-OH is 2. The molecule has 0 saturated carbocycles. The predicted octanol–water partition coefficient (Wildman–Crippen LogP) is 0.758. The van der Waals surface area contributed by atoms with Gasteiger partial charge in [-0.2, -0.15) is 0 Å². The number of aromatic amines is 1. The van der Waals surface area contributed by atoms with E-state index in [2.05, 4.69) is 25.1 Å². The van der Waals surface area contributed by atoms with Crippen molar-refractivity contribution < 1.29 is 14.9 Å². The second-order valence-corrected chi connectivity index (χ2v) is 7.75. The van der Waals surface area contributed by atoms with Crippen LogP contribution in [0.4, 0.5) is 0 Å². The fraction of sp³-hybridized carbons (Fsp3) is 0.217. The molecule has 3 atom stereocenters. The number of pyridine rings is 2. The number of hydrogen-bond donors (Lipinski definition) is 3. The van der Waals surface area contributed by atoms with Gasteiger partial charge in [-0.1, -0.05) is 12.1 Å². The van der Waals surface area contributed by atoms with E-state index < -0.39 is 36.3 Å². The molecular weight excluding hydrogens is 440 g/mol. The number of aromatic nitrogens is 6. The lowest BCUT2D eigenvalue weighted by molar-refractivity contribution is -0.0458. The van der Waals surface area contributed by atoms with Crippen molar-refractivity contribution in [2.24, 2.45) is 0 Å². The first kappa shape index (κ1) is 21.8. The summed E-state index contributed by atoms with van der Waals surface area (Å²) < 4.78 is 6.81. The monoisotopic (exact) mass is 460 g/mol. The zero-order valence-corrected chi connectivity index (χ0v) is 17.8. The van der Waals surface area contributed by atoms with Gasteiger partial charge in [-0.15, -0.1) is 10.2 Å². The number of nitrogens with one attached hydrogen (secondary N) is 1. The molecule has 0 aromatic carbocycles. The Morgan fingerprint density at radius 1 is 1.00 bits per heavy atom. The Labute approximate surface area is 192 Å². The van der Waals surface area contributed by atoms with Crippen molar-refractivity contribution in [1.82, 2.24) is 29.7 Å². The molecule has 4 aromatic heterocycles. The van der Waals surface area contributed by atoms with Gasteiger partial charge in [-0.3, -0.25) is 24.3 Å². The number of rotatable bonds is 5. The van der Waals surface area contributed by atoms with E-state index in [1.54, 1.807) is 48.8 Å². The number of H-pyrrole nitrogens is 1. The van der Waals surface area contributed by atoms with Crippen LogP contribution in [0.5, 0.6) is 0 Å². The zero-order chi connectivity index (χ0) is 23.7. The fourth-order valence-corrected chi connectivity index (χ4v) is 3.87. The molecule has 11 nitrogen and oxygen atoms in total. The van der Waals surface area contributed by atoms with Crippen molar-refractivity contribution in [3.05, 3.63) is 81.9 Å². The van der Waals surface area contributed by atoms with E-state index in [0.29, 0.717) is 28.3 Å². The Bertz CT molecular complexity index is 1420. The predicted molar refractivity (Wildman–Crippen MR) is 120 cm³/mol. The third kappa shape index (κ3) is 4.03. The van der Waals surface area contributed by atoms with Crippen molar-refractivity contribution in [3.63, 3.8) is 0 Å². The van der Waals surface area contributed by atoms with Crippen LogP contribution in [0.2, 0.25) is 0 Å². The maximum Gasteiger partial charge on any atom is 0.330 e. The summed E-state index contributed by atoms with van der Waals surface area (Å²) in [5.74, 6) is 0. The lowest BCUT2D eigenvalue weighted by Gasteiger charge is -2.16. The summed E-state index contributed by atoms with van der Waals surface area (Å²) in [5.41, 5.74) is 1.02. The maximum absolute atomic E-state index is 12.9. The summed E-state index contributed by atoms with van der Waals surface area (Å²) in [6, 6.07) is 12.3. The second-order valence-electron chi connectivity index (χ2n) is 7.75. The van der Waals surface area contributed by atoms with E-state index in [-0.39, 0.29) is 12.0 Å². The molecule has 1 aliphatic heterocycles. The summed E-state index contributed by atoms with van der Waals surface area (Å²) in [6.07, 6.45) is 2.03. The van der Waals surface area contributed by atoms with E-state index in [0.717, 1.165) is 0 Å². The van der Waals surface area contributed by atoms with Crippen molar-refractivity contribution >= 4 is 0 Å². The van der Waals surface area contributed by atoms with Crippen LogP contribution in [0.25, 0.3) is 33.9 Å². The molecule has 4 aromatic rings. The molecule has 0 amide bonds. The molecule has 34 heavy (non-hydrogen) atoms. The quantitative estimate of drug-likeness (QED) is 0.391. The van der Waals surface area contributed by atoms with Gasteiger partial charge in [0.15, 0.2) is 0 Å². The lowest BCUT2D eigenvalue weighted by atomic mass is 10.0. The van der Waals surface area contributed by atoms with Crippen LogP contribution < -0.4 is 11.2 Å². The van der Waals surface area contributed by atoms with Gasteiger partial charge in [0.25, 0.3) is 5.56 Å². The van der Waals surface area contributed by atoms with E-state index in [1.165, 1.54) is 10.8 Å². The van der Waals surface area contributed by atoms with Gasteiger partial charge in [0.2, 0.25) is 0 Å². The average molecular weight is 460 g/mol. The van der Waals surface area contributed by atoms with Crippen LogP contribution in [-0.4, -0.2) is 58.7 Å². The highest BCUT2D eigenvalue weighted by Crippen LogP contribution is 2.31. The molecule has 0 aliphatic carbocycles. The van der Waals surface area contributed by atoms with Gasteiger partial charge < -0.3 is 14.9 Å². The first-order valence-electron chi connectivity index (χ1n) is 10.6. The third-order valence-corrected chi connectivity index (χ3v) is 5.58. The Kier molecular flexibility index (Phi) is 5.80. The van der Waals surface area contributed by atoms with E-state index in [1.807, 2.05) is 6.07 Å². The Morgan fingerprint density at radius 2 is 1.74 bits per heavy atom. The molecule has 172 valence electrons. The Hall–Kier alpha value is -4.06. The molecule has 1 fully saturated rings. The number of hydrogen-bond acceptors (Lipinski definition) is 9. The highest BCUT2D eigenvalue weighted by molar-refractivity contribution is 5.80. The first-order chi connectivity index (χ1) is 16.5. The summed E-state index contributed by atoms with van der Waals surface area (Å²) >= 11 is 0. The summed E-state index contributed by atoms with van der Waals surface area (Å²) in [7, 11) is 0. The minimum Gasteiger partial charge on any atom is -0.394 e. The molecular formula is C23H20N6O5. The zero-order valence-electron chi connectivity index (χ0n) is 17.8. The molecule has 0 bridgehead atoms. The molecule has 2 unspecified atom stereocenters. The van der Waals surface area contributed by atoms with Crippen LogP contribution in [0.15, 0.2) is 70.6 Å². The van der Waals surface area contributed by atoms with E-state index in [4.69, 9.17) is 4.74 Å². The molecule has 1 aliphatic rings. The number of ether oxygens (including phenoxy) is 1. The summed E-state index contributed by atoms with van der Waals surface area (Å²) in [4.78, 5) is 36.5. The lowest BCUT2D eigenvalue weighted by Crippen LogP contribution is -2.33. The smallest absolute Gasteiger partial charge is 0.330 e. The van der Waals surface area contributed by atoms with Crippen molar-refractivity contribution in [2.45, 2.75) is 24.9 Å². The molecule has 5 heterocycles. The van der Waals surface area contributed by atoms with Crippen LogP contribution >= 0.6 is 0 Å². The molecule has 0 radical (unpaired) electrons. The third-order valence-electron chi connectivity index (χ3n) is 5.58. The van der Waals surface area contributed by atoms with Gasteiger partial charge in [-0.25, -0.2) is 4.79 Å². The molecule has 3 N–H and O–H groups in total. The van der Waals surface area contributed by atoms with Crippen molar-refractivity contribution in [3.8, 4) is 33.9 Å². The second kappa shape index (κ2) is 9.06. The van der Waals surface area contributed by atoms with Crippen molar-refractivity contribution in [1.29, 1.82) is 0 Å². The average Bonchev–Trinajstić information content (AvgIpc) is 3.25. The molecule has 11 heteroatoms. The van der Waals surface area contributed by atoms with Gasteiger partial charge in [-0.05, 0) is 30.3 Å². The Morgan fingerprint density at radius 3 is 2.38 bits per heavy atom. The van der Waals surface area contributed by atoms with Gasteiger partial charge in [0.1, 0.15) is 23.7 Å². The van der Waals surface area contributed by atoms with Crippen LogP contribution in [-0.2, 0) is 4.74 Å². The fourth-order valence-electron chi connectivity index (χ4n) is 3.87. The molecule has 5 rings (SSSR count). The first-order valence-corrected chi connectivity index (χ1v) is 10.6. The van der Waals surface area contributed by atoms with Gasteiger partial charge in [0.05, 0.1) is 29.7 Å². The minimum absolute atomic E-state index is 0.0808. The minimum atomic E-state index is -0.945. The van der Waals surface area contributed by atoms with Crippen molar-refractivity contribution in [2.75, 3.05) is 6.61 Å².